The summed E-state index contributed by atoms with van der Waals surface area (Å²) < 4.78 is 3.19. The Labute approximate surface area is 93.7 Å². The van der Waals surface area contributed by atoms with Crippen molar-refractivity contribution in [3.8, 4) is 6.07 Å². The van der Waals surface area contributed by atoms with Crippen molar-refractivity contribution in [3.63, 3.8) is 0 Å². The van der Waals surface area contributed by atoms with E-state index in [-0.39, 0.29) is 0 Å². The van der Waals surface area contributed by atoms with Crippen LogP contribution < -0.4 is 0 Å². The van der Waals surface area contributed by atoms with Crippen LogP contribution >= 0.6 is 15.9 Å². The van der Waals surface area contributed by atoms with Crippen molar-refractivity contribution in [1.29, 1.82) is 5.26 Å². The lowest BCUT2D eigenvalue weighted by molar-refractivity contribution is 0.634. The minimum absolute atomic E-state index is 0.766. The summed E-state index contributed by atoms with van der Waals surface area (Å²) in [5.74, 6) is 0. The maximum absolute atomic E-state index is 8.96. The quantitative estimate of drug-likeness (QED) is 0.809. The molecule has 1 rings (SSSR count). The van der Waals surface area contributed by atoms with Gasteiger partial charge in [-0.1, -0.05) is 20.3 Å². The molecule has 0 aliphatic carbocycles. The van der Waals surface area contributed by atoms with E-state index >= 15 is 0 Å². The maximum Gasteiger partial charge on any atom is 0.121 e. The molecule has 0 N–H and O–H groups in total. The molecular formula is C11H15BrN2. The van der Waals surface area contributed by atoms with E-state index in [0.717, 1.165) is 36.0 Å². The van der Waals surface area contributed by atoms with Gasteiger partial charge in [-0.25, -0.2) is 0 Å². The van der Waals surface area contributed by atoms with Gasteiger partial charge in [-0.15, -0.1) is 0 Å². The van der Waals surface area contributed by atoms with Crippen LogP contribution in [-0.2, 0) is 13.0 Å². The average molecular weight is 255 g/mol. The SMILES string of the molecule is CCCc1c(Br)cc(C#N)n1CCC. The van der Waals surface area contributed by atoms with Crippen LogP contribution in [-0.4, -0.2) is 4.57 Å². The third-order valence-corrected chi connectivity index (χ3v) is 2.89. The summed E-state index contributed by atoms with van der Waals surface area (Å²) in [6, 6.07) is 4.15. The average Bonchev–Trinajstić information content (AvgIpc) is 2.47. The van der Waals surface area contributed by atoms with Crippen LogP contribution in [0.15, 0.2) is 10.5 Å². The van der Waals surface area contributed by atoms with Crippen molar-refractivity contribution in [2.24, 2.45) is 0 Å². The lowest BCUT2D eigenvalue weighted by Gasteiger charge is -2.08. The molecule has 0 unspecified atom stereocenters. The Bertz CT molecular complexity index is 347. The lowest BCUT2D eigenvalue weighted by atomic mass is 10.2. The van der Waals surface area contributed by atoms with Gasteiger partial charge in [-0.05, 0) is 34.8 Å². The fourth-order valence-corrected chi connectivity index (χ4v) is 2.25. The Morgan fingerprint density at radius 3 is 2.64 bits per heavy atom. The fourth-order valence-electron chi connectivity index (χ4n) is 1.62. The van der Waals surface area contributed by atoms with Crippen LogP contribution in [0.2, 0.25) is 0 Å². The molecule has 1 aromatic rings. The number of hydrogen-bond donors (Lipinski definition) is 0. The molecule has 0 saturated carbocycles. The van der Waals surface area contributed by atoms with Gasteiger partial charge in [0, 0.05) is 16.7 Å². The zero-order valence-electron chi connectivity index (χ0n) is 8.68. The molecule has 0 spiro atoms. The number of nitriles is 1. The van der Waals surface area contributed by atoms with Crippen LogP contribution in [0, 0.1) is 11.3 Å². The van der Waals surface area contributed by atoms with Gasteiger partial charge in [0.15, 0.2) is 0 Å². The molecule has 0 radical (unpaired) electrons. The van der Waals surface area contributed by atoms with E-state index in [2.05, 4.69) is 40.4 Å². The second-order valence-electron chi connectivity index (χ2n) is 3.34. The standard InChI is InChI=1S/C11H15BrN2/c1-3-5-11-10(12)7-9(8-13)14(11)6-4-2/h7H,3-6H2,1-2H3. The van der Waals surface area contributed by atoms with Crippen molar-refractivity contribution in [2.45, 2.75) is 39.7 Å². The van der Waals surface area contributed by atoms with E-state index in [4.69, 9.17) is 5.26 Å². The van der Waals surface area contributed by atoms with Gasteiger partial charge in [0.1, 0.15) is 11.8 Å². The molecule has 0 aromatic carbocycles. The molecule has 2 nitrogen and oxygen atoms in total. The van der Waals surface area contributed by atoms with Crippen LogP contribution in [0.3, 0.4) is 0 Å². The van der Waals surface area contributed by atoms with E-state index in [1.54, 1.807) is 0 Å². The Balaban J connectivity index is 3.11. The van der Waals surface area contributed by atoms with Crippen LogP contribution in [0.4, 0.5) is 0 Å². The van der Waals surface area contributed by atoms with Crippen LogP contribution in [0.1, 0.15) is 38.1 Å². The predicted molar refractivity (Wildman–Crippen MR) is 61.1 cm³/mol. The monoisotopic (exact) mass is 254 g/mol. The largest absolute Gasteiger partial charge is 0.335 e. The zero-order chi connectivity index (χ0) is 10.6. The minimum atomic E-state index is 0.766. The third-order valence-electron chi connectivity index (χ3n) is 2.20. The van der Waals surface area contributed by atoms with Crippen molar-refractivity contribution in [1.82, 2.24) is 4.57 Å². The predicted octanol–water partition coefficient (Wildman–Crippen LogP) is 3.48. The first-order chi connectivity index (χ1) is 6.74. The van der Waals surface area contributed by atoms with Crippen molar-refractivity contribution in [2.75, 3.05) is 0 Å². The van der Waals surface area contributed by atoms with Crippen LogP contribution in [0.5, 0.6) is 0 Å². The number of halogens is 1. The number of hydrogen-bond acceptors (Lipinski definition) is 1. The Morgan fingerprint density at radius 1 is 1.43 bits per heavy atom. The second-order valence-corrected chi connectivity index (χ2v) is 4.19. The van der Waals surface area contributed by atoms with Gasteiger partial charge < -0.3 is 4.57 Å². The first kappa shape index (κ1) is 11.3. The molecule has 0 atom stereocenters. The summed E-state index contributed by atoms with van der Waals surface area (Å²) in [6.07, 6.45) is 3.20. The normalized spacial score (nSPS) is 10.1. The first-order valence-corrected chi connectivity index (χ1v) is 5.81. The number of aromatic nitrogens is 1. The van der Waals surface area contributed by atoms with Gasteiger partial charge in [-0.3, -0.25) is 0 Å². The Hall–Kier alpha value is -0.750. The van der Waals surface area contributed by atoms with Gasteiger partial charge in [0.2, 0.25) is 0 Å². The Kier molecular flexibility index (Phi) is 4.21. The van der Waals surface area contributed by atoms with E-state index in [1.807, 2.05) is 6.07 Å². The molecule has 0 amide bonds. The smallest absolute Gasteiger partial charge is 0.121 e. The minimum Gasteiger partial charge on any atom is -0.335 e. The molecule has 0 aliphatic rings. The fraction of sp³-hybridized carbons (Fsp3) is 0.545. The highest BCUT2D eigenvalue weighted by molar-refractivity contribution is 9.10. The summed E-state index contributed by atoms with van der Waals surface area (Å²) in [5.41, 5.74) is 2.02. The topological polar surface area (TPSA) is 28.7 Å². The molecule has 1 aromatic heterocycles. The molecule has 0 fully saturated rings. The highest BCUT2D eigenvalue weighted by Crippen LogP contribution is 2.23. The maximum atomic E-state index is 8.96. The molecule has 3 heteroatoms. The van der Waals surface area contributed by atoms with E-state index in [1.165, 1.54) is 5.69 Å². The van der Waals surface area contributed by atoms with Crippen LogP contribution in [0.25, 0.3) is 0 Å². The summed E-state index contributed by atoms with van der Waals surface area (Å²) in [5, 5.41) is 8.96. The summed E-state index contributed by atoms with van der Waals surface area (Å²) >= 11 is 3.51. The molecule has 0 bridgehead atoms. The number of nitrogens with zero attached hydrogens (tertiary/aromatic N) is 2. The van der Waals surface area contributed by atoms with Gasteiger partial charge in [0.05, 0.1) is 0 Å². The molecule has 0 aliphatic heterocycles. The third kappa shape index (κ3) is 2.19. The Morgan fingerprint density at radius 2 is 2.14 bits per heavy atom. The van der Waals surface area contributed by atoms with E-state index < -0.39 is 0 Å². The van der Waals surface area contributed by atoms with E-state index in [9.17, 15) is 0 Å². The second kappa shape index (κ2) is 5.21. The van der Waals surface area contributed by atoms with Crippen molar-refractivity contribution >= 4 is 15.9 Å². The first-order valence-electron chi connectivity index (χ1n) is 5.02. The van der Waals surface area contributed by atoms with Gasteiger partial charge in [-0.2, -0.15) is 5.26 Å². The molecule has 1 heterocycles. The van der Waals surface area contributed by atoms with Gasteiger partial charge in [0.25, 0.3) is 0 Å². The molecule has 76 valence electrons. The molecule has 0 saturated heterocycles. The van der Waals surface area contributed by atoms with E-state index in [0.29, 0.717) is 0 Å². The lowest BCUT2D eigenvalue weighted by Crippen LogP contribution is -2.04. The molecule has 14 heavy (non-hydrogen) atoms. The van der Waals surface area contributed by atoms with Crippen molar-refractivity contribution < 1.29 is 0 Å². The van der Waals surface area contributed by atoms with Gasteiger partial charge >= 0.3 is 0 Å². The summed E-state index contributed by atoms with van der Waals surface area (Å²) in [7, 11) is 0. The highest BCUT2D eigenvalue weighted by atomic mass is 79.9. The zero-order valence-corrected chi connectivity index (χ0v) is 10.3. The van der Waals surface area contributed by atoms with Crippen molar-refractivity contribution in [3.05, 3.63) is 21.9 Å². The summed E-state index contributed by atoms with van der Waals surface area (Å²) in [4.78, 5) is 0. The summed E-state index contributed by atoms with van der Waals surface area (Å²) in [6.45, 7) is 5.22. The molecular weight excluding hydrogens is 240 g/mol. The number of rotatable bonds is 4. The highest BCUT2D eigenvalue weighted by Gasteiger charge is 2.11.